The van der Waals surface area contributed by atoms with Crippen molar-refractivity contribution in [3.63, 3.8) is 0 Å². The average molecular weight is 504 g/mol. The fourth-order valence-electron chi connectivity index (χ4n) is 2.41. The Morgan fingerprint density at radius 2 is 1.82 bits per heavy atom. The van der Waals surface area contributed by atoms with E-state index in [1.54, 1.807) is 12.1 Å². The van der Waals surface area contributed by atoms with Crippen LogP contribution in [0.2, 0.25) is 0 Å². The summed E-state index contributed by atoms with van der Waals surface area (Å²) in [5, 5.41) is 20.5. The molecule has 0 saturated carbocycles. The monoisotopic (exact) mass is 504 g/mol. The van der Waals surface area contributed by atoms with E-state index in [1.807, 2.05) is 13.0 Å². The van der Waals surface area contributed by atoms with Crippen molar-refractivity contribution in [1.29, 1.82) is 0 Å². The van der Waals surface area contributed by atoms with Crippen LogP contribution in [0.5, 0.6) is 17.2 Å². The van der Waals surface area contributed by atoms with Crippen molar-refractivity contribution in [1.82, 2.24) is 15.8 Å². The number of hydrogen-bond acceptors (Lipinski definition) is 6. The largest absolute Gasteiger partial charge is 0.502 e. The number of guanidine groups is 1. The van der Waals surface area contributed by atoms with Gasteiger partial charge in [-0.1, -0.05) is 19.0 Å². The van der Waals surface area contributed by atoms with E-state index in [-0.39, 0.29) is 29.7 Å². The molecule has 0 fully saturated rings. The summed E-state index contributed by atoms with van der Waals surface area (Å²) in [6.07, 6.45) is 0. The lowest BCUT2D eigenvalue weighted by atomic mass is 10.1. The second-order valence-corrected chi connectivity index (χ2v) is 6.27. The molecule has 0 spiro atoms. The van der Waals surface area contributed by atoms with Crippen LogP contribution in [0, 0.1) is 0 Å². The van der Waals surface area contributed by atoms with Gasteiger partial charge in [0, 0.05) is 12.6 Å². The first kappa shape index (κ1) is 23.9. The third kappa shape index (κ3) is 6.47. The van der Waals surface area contributed by atoms with Gasteiger partial charge in [-0.05, 0) is 30.5 Å². The number of benzene rings is 1. The molecule has 0 bridgehead atoms. The fraction of sp³-hybridized carbons (Fsp3) is 0.474. The van der Waals surface area contributed by atoms with Crippen LogP contribution in [0.1, 0.15) is 43.7 Å². The highest BCUT2D eigenvalue weighted by Gasteiger charge is 2.12. The van der Waals surface area contributed by atoms with Crippen molar-refractivity contribution in [2.75, 3.05) is 20.8 Å². The van der Waals surface area contributed by atoms with Gasteiger partial charge in [0.15, 0.2) is 23.2 Å². The molecule has 2 rings (SSSR count). The maximum absolute atomic E-state index is 10.00. The summed E-state index contributed by atoms with van der Waals surface area (Å²) in [5.41, 5.74) is 1.78. The zero-order valence-electron chi connectivity index (χ0n) is 16.9. The van der Waals surface area contributed by atoms with Crippen LogP contribution in [0.25, 0.3) is 0 Å². The first-order chi connectivity index (χ1) is 13.0. The molecule has 0 amide bonds. The molecule has 28 heavy (non-hydrogen) atoms. The summed E-state index contributed by atoms with van der Waals surface area (Å²) < 4.78 is 15.7. The first-order valence-corrected chi connectivity index (χ1v) is 8.90. The Morgan fingerprint density at radius 3 is 2.32 bits per heavy atom. The van der Waals surface area contributed by atoms with E-state index in [0.29, 0.717) is 36.5 Å². The molecule has 0 aliphatic rings. The van der Waals surface area contributed by atoms with Gasteiger partial charge in [-0.2, -0.15) is 0 Å². The summed E-state index contributed by atoms with van der Waals surface area (Å²) in [6, 6.07) is 5.41. The third-order valence-electron chi connectivity index (χ3n) is 3.90. The van der Waals surface area contributed by atoms with Gasteiger partial charge in [-0.15, -0.1) is 24.0 Å². The summed E-state index contributed by atoms with van der Waals surface area (Å²) in [7, 11) is 2.99. The van der Waals surface area contributed by atoms with Crippen LogP contribution in [0.15, 0.2) is 27.7 Å². The van der Waals surface area contributed by atoms with E-state index in [0.717, 1.165) is 23.6 Å². The molecule has 0 aliphatic carbocycles. The minimum absolute atomic E-state index is 0. The quantitative estimate of drug-likeness (QED) is 0.288. The number of ether oxygens (including phenoxy) is 2. The first-order valence-electron chi connectivity index (χ1n) is 8.90. The number of phenols is 1. The zero-order chi connectivity index (χ0) is 19.8. The minimum Gasteiger partial charge on any atom is -0.502 e. The van der Waals surface area contributed by atoms with E-state index in [4.69, 9.17) is 14.0 Å². The molecule has 0 radical (unpaired) electrons. The lowest BCUT2D eigenvalue weighted by Crippen LogP contribution is -2.36. The number of methoxy groups -OCH3 is 2. The maximum atomic E-state index is 10.00. The molecule has 0 saturated heterocycles. The highest BCUT2D eigenvalue weighted by molar-refractivity contribution is 14.0. The lowest BCUT2D eigenvalue weighted by Gasteiger charge is -2.12. The number of phenolic OH excluding ortho intramolecular Hbond substituents is 1. The van der Waals surface area contributed by atoms with E-state index >= 15 is 0 Å². The molecular weight excluding hydrogens is 475 g/mol. The molecule has 1 heterocycles. The van der Waals surface area contributed by atoms with Crippen molar-refractivity contribution in [2.24, 2.45) is 4.99 Å². The van der Waals surface area contributed by atoms with Gasteiger partial charge in [0.1, 0.15) is 0 Å². The van der Waals surface area contributed by atoms with Crippen LogP contribution >= 0.6 is 24.0 Å². The Hall–Kier alpha value is -2.17. The maximum Gasteiger partial charge on any atom is 0.200 e. The Labute approximate surface area is 182 Å². The number of aromatic hydroxyl groups is 1. The normalized spacial score (nSPS) is 11.1. The number of aromatic nitrogens is 1. The lowest BCUT2D eigenvalue weighted by molar-refractivity contribution is 0.339. The number of hydrogen-bond donors (Lipinski definition) is 3. The van der Waals surface area contributed by atoms with Gasteiger partial charge >= 0.3 is 0 Å². The molecule has 0 atom stereocenters. The molecule has 8 nitrogen and oxygen atoms in total. The second kappa shape index (κ2) is 11.6. The Balaban J connectivity index is 0.00000392. The second-order valence-electron chi connectivity index (χ2n) is 6.27. The molecule has 0 aliphatic heterocycles. The van der Waals surface area contributed by atoms with Crippen LogP contribution in [0.4, 0.5) is 0 Å². The molecule has 3 N–H and O–H groups in total. The Morgan fingerprint density at radius 1 is 1.18 bits per heavy atom. The SMILES string of the molecule is CCNC(=NCc1cc(OC)c(O)c(OC)c1)NCc1cc(C(C)C)no1.I. The van der Waals surface area contributed by atoms with Crippen LogP contribution < -0.4 is 20.1 Å². The Kier molecular flexibility index (Phi) is 9.91. The summed E-state index contributed by atoms with van der Waals surface area (Å²) in [4.78, 5) is 4.56. The standard InChI is InChI=1S/C19H28N4O4.HI/c1-6-20-19(22-11-14-9-15(12(2)3)23-27-14)21-10-13-7-16(25-4)18(24)17(8-13)26-5;/h7-9,12,24H,6,10-11H2,1-5H3,(H2,20,21,22);1H. The molecule has 0 unspecified atom stereocenters. The highest BCUT2D eigenvalue weighted by Crippen LogP contribution is 2.37. The fourth-order valence-corrected chi connectivity index (χ4v) is 2.41. The number of nitrogens with one attached hydrogen (secondary N) is 2. The smallest absolute Gasteiger partial charge is 0.200 e. The molecule has 9 heteroatoms. The molecule has 1 aromatic heterocycles. The number of rotatable bonds is 8. The Bertz CT molecular complexity index is 752. The van der Waals surface area contributed by atoms with Crippen LogP contribution in [-0.4, -0.2) is 37.0 Å². The molecule has 1 aromatic carbocycles. The van der Waals surface area contributed by atoms with Gasteiger partial charge in [0.25, 0.3) is 0 Å². The van der Waals surface area contributed by atoms with Gasteiger partial charge in [-0.25, -0.2) is 4.99 Å². The van der Waals surface area contributed by atoms with Crippen molar-refractivity contribution in [3.8, 4) is 17.2 Å². The highest BCUT2D eigenvalue weighted by atomic mass is 127. The predicted molar refractivity (Wildman–Crippen MR) is 119 cm³/mol. The van der Waals surface area contributed by atoms with Crippen molar-refractivity contribution >= 4 is 29.9 Å². The number of halogens is 1. The predicted octanol–water partition coefficient (Wildman–Crippen LogP) is 3.39. The third-order valence-corrected chi connectivity index (χ3v) is 3.90. The van der Waals surface area contributed by atoms with E-state index < -0.39 is 0 Å². The molecule has 2 aromatic rings. The summed E-state index contributed by atoms with van der Waals surface area (Å²) >= 11 is 0. The zero-order valence-corrected chi connectivity index (χ0v) is 19.2. The van der Waals surface area contributed by atoms with Crippen molar-refractivity contribution < 1.29 is 19.1 Å². The van der Waals surface area contributed by atoms with Crippen molar-refractivity contribution in [3.05, 3.63) is 35.2 Å². The number of aliphatic imine (C=N–C) groups is 1. The van der Waals surface area contributed by atoms with Gasteiger partial charge in [0.2, 0.25) is 5.75 Å². The van der Waals surface area contributed by atoms with Gasteiger partial charge in [-0.3, -0.25) is 0 Å². The van der Waals surface area contributed by atoms with Crippen LogP contribution in [0.3, 0.4) is 0 Å². The van der Waals surface area contributed by atoms with E-state index in [2.05, 4.69) is 34.6 Å². The van der Waals surface area contributed by atoms with Gasteiger partial charge < -0.3 is 29.7 Å². The summed E-state index contributed by atoms with van der Waals surface area (Å²) in [6.45, 7) is 7.72. The minimum atomic E-state index is -0.0240. The van der Waals surface area contributed by atoms with E-state index in [1.165, 1.54) is 14.2 Å². The topological polar surface area (TPSA) is 101 Å². The number of nitrogens with zero attached hydrogens (tertiary/aromatic N) is 2. The van der Waals surface area contributed by atoms with Gasteiger partial charge in [0.05, 0.1) is 33.0 Å². The van der Waals surface area contributed by atoms with Crippen molar-refractivity contribution in [2.45, 2.75) is 39.8 Å². The van der Waals surface area contributed by atoms with Crippen LogP contribution in [-0.2, 0) is 13.1 Å². The average Bonchev–Trinajstić information content (AvgIpc) is 3.14. The summed E-state index contributed by atoms with van der Waals surface area (Å²) in [5.74, 6) is 2.39. The van der Waals surface area contributed by atoms with E-state index in [9.17, 15) is 5.11 Å². The molecular formula is C19H29IN4O4. The molecule has 156 valence electrons.